The van der Waals surface area contributed by atoms with Gasteiger partial charge in [0.2, 0.25) is 5.82 Å². The molecule has 0 saturated heterocycles. The summed E-state index contributed by atoms with van der Waals surface area (Å²) in [5, 5.41) is 10.4. The quantitative estimate of drug-likeness (QED) is 0.412. The van der Waals surface area contributed by atoms with E-state index in [9.17, 15) is 4.79 Å². The maximum Gasteiger partial charge on any atom is 0.279 e. The van der Waals surface area contributed by atoms with Crippen LogP contribution in [0.2, 0.25) is 5.02 Å². The number of rotatable bonds is 3. The van der Waals surface area contributed by atoms with Crippen molar-refractivity contribution < 1.29 is 4.52 Å². The summed E-state index contributed by atoms with van der Waals surface area (Å²) in [4.78, 5) is 17.6. The van der Waals surface area contributed by atoms with E-state index in [2.05, 4.69) is 15.2 Å². The van der Waals surface area contributed by atoms with Crippen LogP contribution in [0.4, 0.5) is 0 Å². The molecule has 7 heteroatoms. The van der Waals surface area contributed by atoms with Crippen molar-refractivity contribution in [2.24, 2.45) is 0 Å². The van der Waals surface area contributed by atoms with Crippen molar-refractivity contribution in [3.05, 3.63) is 93.7 Å². The standard InChI is InChI=1S/C23H15ClN4O2/c1-14-5-4-6-15(13-14)21-25-22(30-27-21)20-18-7-2-3-8-19(18)23(29)28(26-20)17-11-9-16(24)10-12-17/h2-13H,1H3. The molecule has 0 spiro atoms. The van der Waals surface area contributed by atoms with E-state index in [4.69, 9.17) is 16.1 Å². The second-order valence-electron chi connectivity index (χ2n) is 6.88. The Morgan fingerprint density at radius 3 is 2.47 bits per heavy atom. The molecule has 0 atom stereocenters. The first-order valence-corrected chi connectivity index (χ1v) is 9.67. The second kappa shape index (κ2) is 7.24. The average molecular weight is 415 g/mol. The minimum atomic E-state index is -0.241. The van der Waals surface area contributed by atoms with Crippen molar-refractivity contribution in [1.29, 1.82) is 0 Å². The highest BCUT2D eigenvalue weighted by atomic mass is 35.5. The number of aryl methyl sites for hydroxylation is 1. The van der Waals surface area contributed by atoms with Crippen molar-refractivity contribution in [1.82, 2.24) is 19.9 Å². The Labute approximate surface area is 176 Å². The van der Waals surface area contributed by atoms with Crippen LogP contribution in [-0.2, 0) is 0 Å². The Bertz CT molecular complexity index is 1440. The molecule has 0 bridgehead atoms. The molecule has 0 N–H and O–H groups in total. The van der Waals surface area contributed by atoms with E-state index < -0.39 is 0 Å². The van der Waals surface area contributed by atoms with Gasteiger partial charge in [-0.3, -0.25) is 4.79 Å². The fourth-order valence-corrected chi connectivity index (χ4v) is 3.45. The molecule has 30 heavy (non-hydrogen) atoms. The zero-order chi connectivity index (χ0) is 20.7. The van der Waals surface area contributed by atoms with Crippen molar-refractivity contribution >= 4 is 22.4 Å². The molecule has 0 fully saturated rings. The van der Waals surface area contributed by atoms with Gasteiger partial charge in [0.1, 0.15) is 0 Å². The molecular weight excluding hydrogens is 400 g/mol. The summed E-state index contributed by atoms with van der Waals surface area (Å²) in [5.74, 6) is 0.703. The minimum Gasteiger partial charge on any atom is -0.332 e. The summed E-state index contributed by atoms with van der Waals surface area (Å²) in [7, 11) is 0. The largest absolute Gasteiger partial charge is 0.332 e. The first kappa shape index (κ1) is 18.3. The molecule has 0 unspecified atom stereocenters. The lowest BCUT2D eigenvalue weighted by Crippen LogP contribution is -2.22. The molecule has 3 aromatic carbocycles. The lowest BCUT2D eigenvalue weighted by atomic mass is 10.1. The van der Waals surface area contributed by atoms with Crippen LogP contribution in [0.25, 0.3) is 39.4 Å². The first-order chi connectivity index (χ1) is 14.6. The van der Waals surface area contributed by atoms with Crippen LogP contribution in [0.1, 0.15) is 5.56 Å². The zero-order valence-corrected chi connectivity index (χ0v) is 16.7. The van der Waals surface area contributed by atoms with Gasteiger partial charge in [-0.2, -0.15) is 14.8 Å². The number of fused-ring (bicyclic) bond motifs is 1. The molecule has 2 heterocycles. The van der Waals surface area contributed by atoms with Gasteiger partial charge >= 0.3 is 0 Å². The number of halogens is 1. The highest BCUT2D eigenvalue weighted by Crippen LogP contribution is 2.27. The predicted molar refractivity (Wildman–Crippen MR) is 116 cm³/mol. The normalized spacial score (nSPS) is 11.1. The molecule has 5 aromatic rings. The van der Waals surface area contributed by atoms with E-state index >= 15 is 0 Å². The molecular formula is C23H15ClN4O2. The molecule has 6 nitrogen and oxygen atoms in total. The van der Waals surface area contributed by atoms with Gasteiger partial charge in [-0.05, 0) is 43.3 Å². The lowest BCUT2D eigenvalue weighted by molar-refractivity contribution is 0.430. The van der Waals surface area contributed by atoms with Crippen molar-refractivity contribution in [3.63, 3.8) is 0 Å². The molecule has 0 saturated carbocycles. The van der Waals surface area contributed by atoms with E-state index in [1.54, 1.807) is 30.3 Å². The molecule has 5 rings (SSSR count). The summed E-state index contributed by atoms with van der Waals surface area (Å²) < 4.78 is 6.87. The monoisotopic (exact) mass is 414 g/mol. The van der Waals surface area contributed by atoms with Crippen LogP contribution >= 0.6 is 11.6 Å². The molecule has 0 aliphatic carbocycles. The number of benzene rings is 3. The topological polar surface area (TPSA) is 73.8 Å². The third-order valence-electron chi connectivity index (χ3n) is 4.78. The van der Waals surface area contributed by atoms with Gasteiger partial charge in [0.25, 0.3) is 11.4 Å². The third kappa shape index (κ3) is 3.17. The molecule has 0 radical (unpaired) electrons. The predicted octanol–water partition coefficient (Wildman–Crippen LogP) is 5.06. The second-order valence-corrected chi connectivity index (χ2v) is 7.32. The summed E-state index contributed by atoms with van der Waals surface area (Å²) in [5.41, 5.74) is 2.73. The molecule has 0 aliphatic rings. The van der Waals surface area contributed by atoms with E-state index in [0.717, 1.165) is 11.1 Å². The van der Waals surface area contributed by atoms with Crippen LogP contribution in [0.5, 0.6) is 0 Å². The maximum absolute atomic E-state index is 13.1. The van der Waals surface area contributed by atoms with Gasteiger partial charge < -0.3 is 4.52 Å². The van der Waals surface area contributed by atoms with Crippen LogP contribution in [0.15, 0.2) is 82.1 Å². The van der Waals surface area contributed by atoms with Crippen LogP contribution in [-0.4, -0.2) is 19.9 Å². The molecule has 0 amide bonds. The summed E-state index contributed by atoms with van der Waals surface area (Å²) >= 11 is 5.99. The fourth-order valence-electron chi connectivity index (χ4n) is 3.33. The first-order valence-electron chi connectivity index (χ1n) is 9.29. The minimum absolute atomic E-state index is 0.241. The Hall–Kier alpha value is -3.77. The Kier molecular flexibility index (Phi) is 4.41. The summed E-state index contributed by atoms with van der Waals surface area (Å²) in [6.07, 6.45) is 0. The van der Waals surface area contributed by atoms with E-state index in [1.807, 2.05) is 49.4 Å². The Morgan fingerprint density at radius 2 is 1.70 bits per heavy atom. The van der Waals surface area contributed by atoms with Crippen molar-refractivity contribution in [2.45, 2.75) is 6.92 Å². The highest BCUT2D eigenvalue weighted by Gasteiger charge is 2.19. The van der Waals surface area contributed by atoms with Gasteiger partial charge in [-0.15, -0.1) is 0 Å². The highest BCUT2D eigenvalue weighted by molar-refractivity contribution is 6.30. The number of hydrogen-bond acceptors (Lipinski definition) is 5. The molecule has 146 valence electrons. The van der Waals surface area contributed by atoms with Gasteiger partial charge in [0.15, 0.2) is 5.69 Å². The Morgan fingerprint density at radius 1 is 0.933 bits per heavy atom. The van der Waals surface area contributed by atoms with E-state index in [1.165, 1.54) is 4.68 Å². The number of nitrogens with zero attached hydrogens (tertiary/aromatic N) is 4. The van der Waals surface area contributed by atoms with E-state index in [0.29, 0.717) is 33.0 Å². The van der Waals surface area contributed by atoms with Crippen molar-refractivity contribution in [2.75, 3.05) is 0 Å². The average Bonchev–Trinajstić information content (AvgIpc) is 3.25. The van der Waals surface area contributed by atoms with E-state index in [-0.39, 0.29) is 11.4 Å². The third-order valence-corrected chi connectivity index (χ3v) is 5.03. The SMILES string of the molecule is Cc1cccc(-c2noc(-c3nn(-c4ccc(Cl)cc4)c(=O)c4ccccc34)n2)c1. The smallest absolute Gasteiger partial charge is 0.279 e. The summed E-state index contributed by atoms with van der Waals surface area (Å²) in [6.45, 7) is 2.00. The van der Waals surface area contributed by atoms with Crippen LogP contribution in [0, 0.1) is 6.92 Å². The maximum atomic E-state index is 13.1. The summed E-state index contributed by atoms with van der Waals surface area (Å²) in [6, 6.07) is 22.0. The number of aromatic nitrogens is 4. The van der Waals surface area contributed by atoms with Gasteiger partial charge in [0.05, 0.1) is 11.1 Å². The Balaban J connectivity index is 1.72. The van der Waals surface area contributed by atoms with Gasteiger partial charge in [-0.1, -0.05) is 58.7 Å². The van der Waals surface area contributed by atoms with Crippen molar-refractivity contribution in [3.8, 4) is 28.7 Å². The van der Waals surface area contributed by atoms with Crippen LogP contribution in [0.3, 0.4) is 0 Å². The fraction of sp³-hybridized carbons (Fsp3) is 0.0435. The molecule has 2 aromatic heterocycles. The number of hydrogen-bond donors (Lipinski definition) is 0. The van der Waals surface area contributed by atoms with Crippen LogP contribution < -0.4 is 5.56 Å². The van der Waals surface area contributed by atoms with Gasteiger partial charge in [-0.25, -0.2) is 0 Å². The lowest BCUT2D eigenvalue weighted by Gasteiger charge is -2.09. The van der Waals surface area contributed by atoms with Gasteiger partial charge in [0, 0.05) is 16.0 Å². The zero-order valence-electron chi connectivity index (χ0n) is 15.9. The molecule has 0 aliphatic heterocycles.